The second kappa shape index (κ2) is 9.19. The van der Waals surface area contributed by atoms with E-state index < -0.39 is 10.8 Å². The van der Waals surface area contributed by atoms with Gasteiger partial charge in [-0.1, -0.05) is 0 Å². The molecule has 2 aromatic carbocycles. The number of hydrogen-bond donors (Lipinski definition) is 2. The van der Waals surface area contributed by atoms with Gasteiger partial charge in [0, 0.05) is 28.3 Å². The Bertz CT molecular complexity index is 1170. The molecule has 1 aromatic heterocycles. The van der Waals surface area contributed by atoms with E-state index >= 15 is 0 Å². The summed E-state index contributed by atoms with van der Waals surface area (Å²) in [6.45, 7) is 0. The van der Waals surface area contributed by atoms with Crippen LogP contribution < -0.4 is 15.4 Å². The van der Waals surface area contributed by atoms with Crippen LogP contribution in [0.15, 0.2) is 48.5 Å². The van der Waals surface area contributed by atoms with Crippen LogP contribution in [0.3, 0.4) is 0 Å². The second-order valence-electron chi connectivity index (χ2n) is 7.36. The number of non-ortho nitro benzene ring substituents is 1. The van der Waals surface area contributed by atoms with Crippen LogP contribution in [-0.2, 0) is 12.8 Å². The van der Waals surface area contributed by atoms with Crippen molar-refractivity contribution in [3.05, 3.63) is 80.2 Å². The van der Waals surface area contributed by atoms with Gasteiger partial charge >= 0.3 is 0 Å². The molecular formula is C23H21N3O5S. The lowest BCUT2D eigenvalue weighted by Crippen LogP contribution is -2.18. The van der Waals surface area contributed by atoms with Crippen molar-refractivity contribution < 1.29 is 19.2 Å². The van der Waals surface area contributed by atoms with Crippen molar-refractivity contribution >= 4 is 39.5 Å². The third-order valence-corrected chi connectivity index (χ3v) is 6.52. The molecule has 1 aliphatic carbocycles. The van der Waals surface area contributed by atoms with Crippen molar-refractivity contribution in [2.24, 2.45) is 0 Å². The van der Waals surface area contributed by atoms with Crippen molar-refractivity contribution in [1.82, 2.24) is 0 Å². The maximum atomic E-state index is 13.2. The number of nitro benzene ring substituents is 1. The monoisotopic (exact) mass is 451 g/mol. The number of amides is 2. The molecule has 9 heteroatoms. The summed E-state index contributed by atoms with van der Waals surface area (Å²) in [4.78, 5) is 37.4. The Labute approximate surface area is 188 Å². The molecule has 8 nitrogen and oxygen atoms in total. The highest BCUT2D eigenvalue weighted by molar-refractivity contribution is 7.17. The summed E-state index contributed by atoms with van der Waals surface area (Å²) in [6.07, 6.45) is 3.69. The molecule has 0 saturated heterocycles. The standard InChI is InChI=1S/C23H21N3O5S/c1-31-17-12-8-15(9-13-17)24-22(28)20-18-4-2-3-5-19(18)32-23(20)25-21(27)14-6-10-16(11-7-14)26(29)30/h6-13H,2-5H2,1H3,(H,24,28)(H,25,27). The van der Waals surface area contributed by atoms with Crippen molar-refractivity contribution in [2.75, 3.05) is 17.7 Å². The zero-order valence-electron chi connectivity index (χ0n) is 17.3. The number of rotatable bonds is 6. The minimum Gasteiger partial charge on any atom is -0.497 e. The number of anilines is 2. The van der Waals surface area contributed by atoms with Gasteiger partial charge in [-0.2, -0.15) is 0 Å². The maximum absolute atomic E-state index is 13.2. The van der Waals surface area contributed by atoms with E-state index in [1.54, 1.807) is 31.4 Å². The first kappa shape index (κ1) is 21.5. The summed E-state index contributed by atoms with van der Waals surface area (Å²) < 4.78 is 5.15. The van der Waals surface area contributed by atoms with E-state index in [4.69, 9.17) is 4.74 Å². The zero-order valence-corrected chi connectivity index (χ0v) is 18.2. The van der Waals surface area contributed by atoms with Gasteiger partial charge in [0.05, 0.1) is 17.6 Å². The van der Waals surface area contributed by atoms with Crippen LogP contribution in [0.5, 0.6) is 5.75 Å². The van der Waals surface area contributed by atoms with Gasteiger partial charge in [-0.05, 0) is 67.6 Å². The molecule has 0 saturated carbocycles. The number of fused-ring (bicyclic) bond motifs is 1. The van der Waals surface area contributed by atoms with Crippen molar-refractivity contribution in [1.29, 1.82) is 0 Å². The number of hydrogen-bond acceptors (Lipinski definition) is 6. The molecule has 0 radical (unpaired) electrons. The molecule has 0 fully saturated rings. The molecule has 1 aliphatic rings. The summed E-state index contributed by atoms with van der Waals surface area (Å²) >= 11 is 1.42. The number of nitrogens with zero attached hydrogens (tertiary/aromatic N) is 1. The average molecular weight is 452 g/mol. The molecule has 32 heavy (non-hydrogen) atoms. The number of carbonyl (C=O) groups is 2. The van der Waals surface area contributed by atoms with Gasteiger partial charge in [0.1, 0.15) is 10.8 Å². The van der Waals surface area contributed by atoms with Gasteiger partial charge in [-0.25, -0.2) is 0 Å². The number of nitrogens with one attached hydrogen (secondary N) is 2. The number of aryl methyl sites for hydroxylation is 1. The third-order valence-electron chi connectivity index (χ3n) is 5.31. The van der Waals surface area contributed by atoms with Crippen LogP contribution in [0.2, 0.25) is 0 Å². The Morgan fingerprint density at radius 2 is 1.66 bits per heavy atom. The van der Waals surface area contributed by atoms with Crippen LogP contribution in [0.25, 0.3) is 0 Å². The predicted octanol–water partition coefficient (Wildman–Crippen LogP) is 5.05. The summed E-state index contributed by atoms with van der Waals surface area (Å²) in [5.41, 5.74) is 2.28. The lowest BCUT2D eigenvalue weighted by atomic mass is 9.95. The molecule has 164 valence electrons. The topological polar surface area (TPSA) is 111 Å². The molecule has 1 heterocycles. The van der Waals surface area contributed by atoms with Gasteiger partial charge in [0.15, 0.2) is 0 Å². The van der Waals surface area contributed by atoms with Crippen molar-refractivity contribution in [3.63, 3.8) is 0 Å². The first-order valence-corrected chi connectivity index (χ1v) is 10.9. The highest BCUT2D eigenvalue weighted by Gasteiger charge is 2.27. The second-order valence-corrected chi connectivity index (χ2v) is 8.46. The van der Waals surface area contributed by atoms with Gasteiger partial charge in [0.2, 0.25) is 0 Å². The summed E-state index contributed by atoms with van der Waals surface area (Å²) in [5.74, 6) is -0.0162. The number of thiophene rings is 1. The minimum absolute atomic E-state index is 0.0901. The van der Waals surface area contributed by atoms with Crippen LogP contribution >= 0.6 is 11.3 Å². The molecule has 2 N–H and O–H groups in total. The molecule has 0 aliphatic heterocycles. The molecule has 0 unspecified atom stereocenters. The van der Waals surface area contributed by atoms with E-state index in [-0.39, 0.29) is 17.2 Å². The molecular weight excluding hydrogens is 430 g/mol. The number of ether oxygens (including phenoxy) is 1. The van der Waals surface area contributed by atoms with Crippen molar-refractivity contribution in [3.8, 4) is 5.75 Å². The fraction of sp³-hybridized carbons (Fsp3) is 0.217. The third kappa shape index (κ3) is 4.47. The minimum atomic E-state index is -0.517. The Morgan fingerprint density at radius 1 is 0.969 bits per heavy atom. The van der Waals surface area contributed by atoms with Gasteiger partial charge in [0.25, 0.3) is 17.5 Å². The summed E-state index contributed by atoms with van der Waals surface area (Å²) in [5, 5.41) is 17.1. The number of carbonyl (C=O) groups excluding carboxylic acids is 2. The highest BCUT2D eigenvalue weighted by atomic mass is 32.1. The van der Waals surface area contributed by atoms with Crippen LogP contribution in [0.4, 0.5) is 16.4 Å². The number of benzene rings is 2. The fourth-order valence-corrected chi connectivity index (χ4v) is 4.95. The Hall–Kier alpha value is -3.72. The smallest absolute Gasteiger partial charge is 0.269 e. The predicted molar refractivity (Wildman–Crippen MR) is 123 cm³/mol. The van der Waals surface area contributed by atoms with Gasteiger partial charge in [-0.3, -0.25) is 19.7 Å². The lowest BCUT2D eigenvalue weighted by molar-refractivity contribution is -0.384. The largest absolute Gasteiger partial charge is 0.497 e. The first-order valence-electron chi connectivity index (χ1n) is 10.1. The van der Waals surface area contributed by atoms with E-state index in [9.17, 15) is 19.7 Å². The number of nitro groups is 1. The molecule has 0 atom stereocenters. The molecule has 2 amide bonds. The van der Waals surface area contributed by atoms with E-state index in [1.807, 2.05) is 0 Å². The SMILES string of the molecule is COc1ccc(NC(=O)c2c(NC(=O)c3ccc([N+](=O)[O-])cc3)sc3c2CCCC3)cc1. The average Bonchev–Trinajstić information content (AvgIpc) is 3.17. The molecule has 4 rings (SSSR count). The lowest BCUT2D eigenvalue weighted by Gasteiger charge is -2.13. The van der Waals surface area contributed by atoms with E-state index in [1.165, 1.54) is 35.6 Å². The fourth-order valence-electron chi connectivity index (χ4n) is 3.67. The zero-order chi connectivity index (χ0) is 22.7. The quantitative estimate of drug-likeness (QED) is 0.403. The normalized spacial score (nSPS) is 12.5. The van der Waals surface area contributed by atoms with E-state index in [0.717, 1.165) is 36.1 Å². The first-order chi connectivity index (χ1) is 15.5. The van der Waals surface area contributed by atoms with Crippen LogP contribution in [-0.4, -0.2) is 23.8 Å². The Kier molecular flexibility index (Phi) is 6.18. The van der Waals surface area contributed by atoms with Gasteiger partial charge < -0.3 is 15.4 Å². The Balaban J connectivity index is 1.60. The van der Waals surface area contributed by atoms with E-state index in [2.05, 4.69) is 10.6 Å². The van der Waals surface area contributed by atoms with E-state index in [0.29, 0.717) is 22.0 Å². The Morgan fingerprint density at radius 3 is 2.31 bits per heavy atom. The molecule has 3 aromatic rings. The summed E-state index contributed by atoms with van der Waals surface area (Å²) in [7, 11) is 1.57. The highest BCUT2D eigenvalue weighted by Crippen LogP contribution is 2.39. The number of methoxy groups -OCH3 is 1. The molecule has 0 bridgehead atoms. The van der Waals surface area contributed by atoms with Crippen LogP contribution in [0.1, 0.15) is 44.0 Å². The van der Waals surface area contributed by atoms with Crippen molar-refractivity contribution in [2.45, 2.75) is 25.7 Å². The van der Waals surface area contributed by atoms with Crippen LogP contribution in [0, 0.1) is 10.1 Å². The maximum Gasteiger partial charge on any atom is 0.269 e. The molecule has 0 spiro atoms. The summed E-state index contributed by atoms with van der Waals surface area (Å²) in [6, 6.07) is 12.4. The van der Waals surface area contributed by atoms with Gasteiger partial charge in [-0.15, -0.1) is 11.3 Å².